The number of hydrogen-bond acceptors (Lipinski definition) is 4. The Labute approximate surface area is 169 Å². The smallest absolute Gasteiger partial charge is 0.341 e. The molecule has 150 valence electrons. The number of aryl methyl sites for hydroxylation is 1. The van der Waals surface area contributed by atoms with Crippen LogP contribution < -0.4 is 9.46 Å². The third kappa shape index (κ3) is 5.83. The van der Waals surface area contributed by atoms with Crippen molar-refractivity contribution in [3.63, 3.8) is 0 Å². The molecule has 3 aromatic rings. The fraction of sp³-hybridized carbons (Fsp3) is 0.136. The number of ether oxygens (including phenoxy) is 1. The van der Waals surface area contributed by atoms with Gasteiger partial charge in [-0.05, 0) is 35.1 Å². The van der Waals surface area contributed by atoms with E-state index in [0.29, 0.717) is 12.2 Å². The summed E-state index contributed by atoms with van der Waals surface area (Å²) in [5.41, 5.74) is 1.75. The van der Waals surface area contributed by atoms with Gasteiger partial charge in [0.1, 0.15) is 5.75 Å². The van der Waals surface area contributed by atoms with Gasteiger partial charge < -0.3 is 9.84 Å². The van der Waals surface area contributed by atoms with E-state index in [1.807, 2.05) is 48.5 Å². The Hall–Kier alpha value is -3.32. The fourth-order valence-corrected chi connectivity index (χ4v) is 3.80. The largest absolute Gasteiger partial charge is 0.481 e. The SMILES string of the molecule is O=C(O)COc1cccc2c(C=CNS(=O)(=O)CCc3ccccc3)cccc12. The van der Waals surface area contributed by atoms with Gasteiger partial charge in [0, 0.05) is 11.6 Å². The maximum Gasteiger partial charge on any atom is 0.341 e. The van der Waals surface area contributed by atoms with Crippen LogP contribution in [0.25, 0.3) is 16.8 Å². The first kappa shape index (κ1) is 20.4. The van der Waals surface area contributed by atoms with E-state index in [2.05, 4.69) is 4.72 Å². The highest BCUT2D eigenvalue weighted by molar-refractivity contribution is 7.89. The number of benzene rings is 3. The third-order valence-electron chi connectivity index (χ3n) is 4.28. The summed E-state index contributed by atoms with van der Waals surface area (Å²) in [6, 6.07) is 20.2. The van der Waals surface area contributed by atoms with Gasteiger partial charge in [-0.1, -0.05) is 60.7 Å². The van der Waals surface area contributed by atoms with Crippen molar-refractivity contribution in [2.24, 2.45) is 0 Å². The molecular weight excluding hydrogens is 390 g/mol. The number of rotatable bonds is 9. The molecule has 0 amide bonds. The molecule has 0 unspecified atom stereocenters. The van der Waals surface area contributed by atoms with Gasteiger partial charge in [-0.2, -0.15) is 0 Å². The average molecular weight is 411 g/mol. The van der Waals surface area contributed by atoms with Crippen molar-refractivity contribution in [2.45, 2.75) is 6.42 Å². The summed E-state index contributed by atoms with van der Waals surface area (Å²) >= 11 is 0. The molecule has 6 nitrogen and oxygen atoms in total. The van der Waals surface area contributed by atoms with Gasteiger partial charge in [0.2, 0.25) is 10.0 Å². The minimum atomic E-state index is -3.46. The summed E-state index contributed by atoms with van der Waals surface area (Å²) in [7, 11) is -3.46. The van der Waals surface area contributed by atoms with Crippen LogP contribution in [-0.2, 0) is 21.2 Å². The van der Waals surface area contributed by atoms with Gasteiger partial charge >= 0.3 is 5.97 Å². The maximum atomic E-state index is 12.2. The molecule has 7 heteroatoms. The highest BCUT2D eigenvalue weighted by Gasteiger charge is 2.09. The number of hydrogen-bond donors (Lipinski definition) is 2. The lowest BCUT2D eigenvalue weighted by Gasteiger charge is -2.09. The second kappa shape index (κ2) is 9.25. The van der Waals surface area contributed by atoms with Crippen molar-refractivity contribution in [3.05, 3.63) is 84.1 Å². The van der Waals surface area contributed by atoms with E-state index in [4.69, 9.17) is 9.84 Å². The van der Waals surface area contributed by atoms with Crippen LogP contribution in [0, 0.1) is 0 Å². The van der Waals surface area contributed by atoms with Crippen LogP contribution >= 0.6 is 0 Å². The van der Waals surface area contributed by atoms with Gasteiger partial charge in [-0.25, -0.2) is 13.2 Å². The molecular formula is C22H21NO5S. The van der Waals surface area contributed by atoms with Crippen molar-refractivity contribution in [2.75, 3.05) is 12.4 Å². The Morgan fingerprint density at radius 3 is 2.45 bits per heavy atom. The number of nitrogens with one attached hydrogen (secondary N) is 1. The molecule has 0 aliphatic heterocycles. The van der Waals surface area contributed by atoms with E-state index in [1.54, 1.807) is 24.3 Å². The van der Waals surface area contributed by atoms with E-state index in [-0.39, 0.29) is 5.75 Å². The molecule has 0 spiro atoms. The number of carbonyl (C=O) groups is 1. The molecule has 0 aliphatic rings. The molecule has 0 fully saturated rings. The number of aliphatic carboxylic acids is 1. The van der Waals surface area contributed by atoms with Gasteiger partial charge in [0.15, 0.2) is 6.61 Å². The second-order valence-corrected chi connectivity index (χ2v) is 8.26. The topological polar surface area (TPSA) is 92.7 Å². The van der Waals surface area contributed by atoms with E-state index in [9.17, 15) is 13.2 Å². The molecule has 0 aromatic heterocycles. The van der Waals surface area contributed by atoms with Crippen molar-refractivity contribution in [1.29, 1.82) is 0 Å². The predicted molar refractivity (Wildman–Crippen MR) is 113 cm³/mol. The molecule has 0 heterocycles. The molecule has 0 atom stereocenters. The maximum absolute atomic E-state index is 12.2. The minimum Gasteiger partial charge on any atom is -0.481 e. The molecule has 3 aromatic carbocycles. The van der Waals surface area contributed by atoms with Crippen molar-refractivity contribution in [1.82, 2.24) is 4.72 Å². The number of carboxylic acid groups (broad SMARTS) is 1. The van der Waals surface area contributed by atoms with Crippen LogP contribution in [-0.4, -0.2) is 31.9 Å². The Kier molecular flexibility index (Phi) is 6.51. The van der Waals surface area contributed by atoms with E-state index in [0.717, 1.165) is 21.9 Å². The first-order valence-corrected chi connectivity index (χ1v) is 10.7. The Morgan fingerprint density at radius 1 is 0.966 bits per heavy atom. The standard InChI is InChI=1S/C22H21NO5S/c24-22(25)16-28-21-11-5-9-19-18(8-4-10-20(19)21)12-14-23-29(26,27)15-13-17-6-2-1-3-7-17/h1-12,14,23H,13,15-16H2,(H,24,25). The van der Waals surface area contributed by atoms with Crippen LogP contribution in [0.15, 0.2) is 72.9 Å². The van der Waals surface area contributed by atoms with Crippen LogP contribution in [0.4, 0.5) is 0 Å². The third-order valence-corrected chi connectivity index (χ3v) is 5.52. The summed E-state index contributed by atoms with van der Waals surface area (Å²) in [5, 5.41) is 10.4. The fourth-order valence-electron chi connectivity index (χ4n) is 2.90. The van der Waals surface area contributed by atoms with Crippen LogP contribution in [0.5, 0.6) is 5.75 Å². The van der Waals surface area contributed by atoms with Crippen LogP contribution in [0.2, 0.25) is 0 Å². The normalized spacial score (nSPS) is 11.6. The van der Waals surface area contributed by atoms with Gasteiger partial charge in [0.25, 0.3) is 0 Å². The van der Waals surface area contributed by atoms with Crippen LogP contribution in [0.1, 0.15) is 11.1 Å². The molecule has 0 saturated heterocycles. The number of sulfonamides is 1. The van der Waals surface area contributed by atoms with Crippen molar-refractivity contribution in [3.8, 4) is 5.75 Å². The summed E-state index contributed by atoms with van der Waals surface area (Å²) in [6.45, 7) is -0.430. The summed E-state index contributed by atoms with van der Waals surface area (Å²) < 4.78 is 32.3. The quantitative estimate of drug-likeness (QED) is 0.563. The predicted octanol–water partition coefficient (Wildman–Crippen LogP) is 3.44. The summed E-state index contributed by atoms with van der Waals surface area (Å²) in [4.78, 5) is 10.8. The van der Waals surface area contributed by atoms with E-state index < -0.39 is 22.6 Å². The Balaban J connectivity index is 1.71. The molecule has 0 aliphatic carbocycles. The lowest BCUT2D eigenvalue weighted by Crippen LogP contribution is -2.22. The molecule has 3 rings (SSSR count). The Bertz CT molecular complexity index is 1120. The molecule has 0 saturated carbocycles. The van der Waals surface area contributed by atoms with E-state index in [1.165, 1.54) is 6.20 Å². The summed E-state index contributed by atoms with van der Waals surface area (Å²) in [5.74, 6) is -0.601. The number of carboxylic acids is 1. The highest BCUT2D eigenvalue weighted by Crippen LogP contribution is 2.28. The summed E-state index contributed by atoms with van der Waals surface area (Å²) in [6.07, 6.45) is 3.51. The second-order valence-electron chi connectivity index (χ2n) is 6.39. The Morgan fingerprint density at radius 2 is 1.69 bits per heavy atom. The highest BCUT2D eigenvalue weighted by atomic mass is 32.2. The molecule has 0 bridgehead atoms. The monoisotopic (exact) mass is 411 g/mol. The van der Waals surface area contributed by atoms with Crippen molar-refractivity contribution < 1.29 is 23.1 Å². The molecule has 2 N–H and O–H groups in total. The average Bonchev–Trinajstić information content (AvgIpc) is 2.71. The number of fused-ring (bicyclic) bond motifs is 1. The van der Waals surface area contributed by atoms with Gasteiger partial charge in [-0.3, -0.25) is 4.72 Å². The lowest BCUT2D eigenvalue weighted by atomic mass is 10.0. The first-order valence-electron chi connectivity index (χ1n) is 9.01. The van der Waals surface area contributed by atoms with Crippen LogP contribution in [0.3, 0.4) is 0 Å². The van der Waals surface area contributed by atoms with Gasteiger partial charge in [0.05, 0.1) is 5.75 Å². The minimum absolute atomic E-state index is 0.00985. The zero-order valence-corrected chi connectivity index (χ0v) is 16.4. The first-order chi connectivity index (χ1) is 13.9. The van der Waals surface area contributed by atoms with E-state index >= 15 is 0 Å². The lowest BCUT2D eigenvalue weighted by molar-refractivity contribution is -0.139. The van der Waals surface area contributed by atoms with Gasteiger partial charge in [-0.15, -0.1) is 0 Å². The van der Waals surface area contributed by atoms with Crippen molar-refractivity contribution >= 4 is 32.8 Å². The zero-order chi connectivity index (χ0) is 20.7. The molecule has 29 heavy (non-hydrogen) atoms. The zero-order valence-electron chi connectivity index (χ0n) is 15.6. The molecule has 0 radical (unpaired) electrons.